The van der Waals surface area contributed by atoms with Crippen LogP contribution in [0.2, 0.25) is 0 Å². The third kappa shape index (κ3) is 5.13. The fraction of sp³-hybridized carbons (Fsp3) is 0. The molecule has 4 N–H and O–H groups in total. The first-order chi connectivity index (χ1) is 15.1. The van der Waals surface area contributed by atoms with Crippen LogP contribution in [-0.2, 0) is 9.59 Å². The van der Waals surface area contributed by atoms with Crippen LogP contribution in [0.1, 0.15) is 41.4 Å². The van der Waals surface area contributed by atoms with E-state index in [0.717, 1.165) is 36.4 Å². The summed E-state index contributed by atoms with van der Waals surface area (Å²) in [5.74, 6) is -11.2. The van der Waals surface area contributed by atoms with Crippen LogP contribution in [-0.4, -0.2) is 56.9 Å². The lowest BCUT2D eigenvalue weighted by Crippen LogP contribution is -2.21. The van der Waals surface area contributed by atoms with E-state index in [9.17, 15) is 49.2 Å². The molecule has 0 amide bonds. The molecule has 0 fully saturated rings. The maximum atomic E-state index is 11.7. The SMILES string of the molecule is O=Cc1ccc(O/C(C(=O)O)=C(/Oc2ccc(C=O)cc2C(=O)O)C(=O)O)c(C(=O)O)c1. The molecule has 0 atom stereocenters. The summed E-state index contributed by atoms with van der Waals surface area (Å²) in [7, 11) is 0. The van der Waals surface area contributed by atoms with E-state index in [0.29, 0.717) is 12.6 Å². The summed E-state index contributed by atoms with van der Waals surface area (Å²) in [4.78, 5) is 67.9. The molecule has 2 aromatic carbocycles. The summed E-state index contributed by atoms with van der Waals surface area (Å²) in [6.07, 6.45) is 0.652. The maximum Gasteiger partial charge on any atom is 0.376 e. The highest BCUT2D eigenvalue weighted by molar-refractivity contribution is 5.98. The molecule has 0 spiro atoms. The van der Waals surface area contributed by atoms with Gasteiger partial charge in [-0.2, -0.15) is 0 Å². The molecule has 2 aromatic rings. The third-order valence-electron chi connectivity index (χ3n) is 3.76. The number of hydrogen-bond donors (Lipinski definition) is 4. The van der Waals surface area contributed by atoms with Gasteiger partial charge in [0.15, 0.2) is 0 Å². The second-order valence-corrected chi connectivity index (χ2v) is 5.83. The van der Waals surface area contributed by atoms with Crippen LogP contribution in [0.25, 0.3) is 0 Å². The number of carbonyl (C=O) groups is 6. The van der Waals surface area contributed by atoms with Gasteiger partial charge in [-0.15, -0.1) is 0 Å². The molecule has 0 aromatic heterocycles. The zero-order valence-electron chi connectivity index (χ0n) is 15.7. The first-order valence-electron chi connectivity index (χ1n) is 8.30. The monoisotopic (exact) mass is 444 g/mol. The van der Waals surface area contributed by atoms with Crippen LogP contribution in [0.4, 0.5) is 0 Å². The highest BCUT2D eigenvalue weighted by Crippen LogP contribution is 2.27. The van der Waals surface area contributed by atoms with E-state index in [1.54, 1.807) is 0 Å². The minimum atomic E-state index is -1.99. The van der Waals surface area contributed by atoms with Crippen LogP contribution in [0.15, 0.2) is 47.9 Å². The summed E-state index contributed by atoms with van der Waals surface area (Å²) in [5.41, 5.74) is -1.46. The van der Waals surface area contributed by atoms with Gasteiger partial charge >= 0.3 is 23.9 Å². The molecule has 0 aliphatic rings. The fourth-order valence-corrected chi connectivity index (χ4v) is 2.35. The van der Waals surface area contributed by atoms with Crippen molar-refractivity contribution >= 4 is 36.4 Å². The van der Waals surface area contributed by atoms with Crippen molar-refractivity contribution in [2.45, 2.75) is 0 Å². The maximum absolute atomic E-state index is 11.7. The molecule has 0 heterocycles. The number of carbonyl (C=O) groups excluding carboxylic acids is 2. The van der Waals surface area contributed by atoms with Gasteiger partial charge < -0.3 is 29.9 Å². The predicted molar refractivity (Wildman–Crippen MR) is 101 cm³/mol. The number of aldehydes is 2. The van der Waals surface area contributed by atoms with E-state index >= 15 is 0 Å². The number of benzene rings is 2. The first-order valence-corrected chi connectivity index (χ1v) is 8.30. The first kappa shape index (κ1) is 23.3. The Labute approximate surface area is 177 Å². The van der Waals surface area contributed by atoms with Crippen molar-refractivity contribution in [2.24, 2.45) is 0 Å². The molecule has 164 valence electrons. The zero-order valence-corrected chi connectivity index (χ0v) is 15.7. The fourth-order valence-electron chi connectivity index (χ4n) is 2.35. The molecule has 12 nitrogen and oxygen atoms in total. The van der Waals surface area contributed by atoms with E-state index in [4.69, 9.17) is 9.47 Å². The van der Waals surface area contributed by atoms with Crippen molar-refractivity contribution in [2.75, 3.05) is 0 Å². The average Bonchev–Trinajstić information content (AvgIpc) is 2.75. The average molecular weight is 444 g/mol. The molecule has 0 saturated heterocycles. The summed E-state index contributed by atoms with van der Waals surface area (Å²) >= 11 is 0. The van der Waals surface area contributed by atoms with Gasteiger partial charge in [-0.05, 0) is 36.4 Å². The van der Waals surface area contributed by atoms with E-state index in [2.05, 4.69) is 0 Å². The molecule has 0 radical (unpaired) electrons. The Hall–Kier alpha value is -5.00. The van der Waals surface area contributed by atoms with Crippen LogP contribution in [0, 0.1) is 0 Å². The van der Waals surface area contributed by atoms with Crippen molar-refractivity contribution < 1.29 is 58.7 Å². The normalized spacial score (nSPS) is 11.0. The summed E-state index contributed by atoms with van der Waals surface area (Å²) in [5, 5.41) is 37.4. The Morgan fingerprint density at radius 2 is 0.969 bits per heavy atom. The van der Waals surface area contributed by atoms with Crippen LogP contribution >= 0.6 is 0 Å². The van der Waals surface area contributed by atoms with Gasteiger partial charge in [0, 0.05) is 11.1 Å². The molecule has 2 rings (SSSR count). The molecule has 0 unspecified atom stereocenters. The van der Waals surface area contributed by atoms with Gasteiger partial charge in [0.2, 0.25) is 0 Å². The van der Waals surface area contributed by atoms with Crippen molar-refractivity contribution in [1.82, 2.24) is 0 Å². The number of carboxylic acid groups (broad SMARTS) is 4. The molecule has 0 saturated carbocycles. The predicted octanol–water partition coefficient (Wildman–Crippen LogP) is 1.55. The Kier molecular flexibility index (Phi) is 7.03. The summed E-state index contributed by atoms with van der Waals surface area (Å²) < 4.78 is 9.97. The van der Waals surface area contributed by atoms with Crippen molar-refractivity contribution in [3.63, 3.8) is 0 Å². The van der Waals surface area contributed by atoms with Gasteiger partial charge in [-0.1, -0.05) is 0 Å². The minimum absolute atomic E-state index is 0.0771. The van der Waals surface area contributed by atoms with Crippen LogP contribution in [0.5, 0.6) is 11.5 Å². The molecule has 0 bridgehead atoms. The number of aromatic carboxylic acids is 2. The standard InChI is InChI=1S/C20H12O12/c21-7-9-1-3-13(11(5-9)17(23)24)31-15(19(27)28)16(20(29)30)32-14-4-2-10(8-22)6-12(14)18(25)26/h1-8H,(H,23,24)(H,25,26)(H,27,28)(H,29,30)/b16-15+. The van der Waals surface area contributed by atoms with Crippen LogP contribution < -0.4 is 9.47 Å². The lowest BCUT2D eigenvalue weighted by molar-refractivity contribution is -0.139. The van der Waals surface area contributed by atoms with E-state index < -0.39 is 58.0 Å². The third-order valence-corrected chi connectivity index (χ3v) is 3.76. The second-order valence-electron chi connectivity index (χ2n) is 5.83. The summed E-state index contributed by atoms with van der Waals surface area (Å²) in [6.45, 7) is 0. The number of hydrogen-bond acceptors (Lipinski definition) is 8. The Morgan fingerprint density at radius 1 is 0.625 bits per heavy atom. The van der Waals surface area contributed by atoms with Gasteiger partial charge in [-0.3, -0.25) is 9.59 Å². The van der Waals surface area contributed by atoms with Crippen molar-refractivity contribution in [3.05, 3.63) is 70.2 Å². The van der Waals surface area contributed by atoms with Gasteiger partial charge in [-0.25, -0.2) is 19.2 Å². The number of carboxylic acids is 4. The lowest BCUT2D eigenvalue weighted by atomic mass is 10.1. The molecule has 32 heavy (non-hydrogen) atoms. The van der Waals surface area contributed by atoms with Gasteiger partial charge in [0.1, 0.15) is 35.2 Å². The number of aliphatic carboxylic acids is 2. The topological polar surface area (TPSA) is 202 Å². The Balaban J connectivity index is 2.64. The van der Waals surface area contributed by atoms with E-state index in [-0.39, 0.29) is 11.1 Å². The van der Waals surface area contributed by atoms with Crippen molar-refractivity contribution in [3.8, 4) is 11.5 Å². The zero-order chi connectivity index (χ0) is 24.0. The largest absolute Gasteiger partial charge is 0.478 e. The highest BCUT2D eigenvalue weighted by Gasteiger charge is 2.29. The van der Waals surface area contributed by atoms with Crippen LogP contribution in [0.3, 0.4) is 0 Å². The second kappa shape index (κ2) is 9.67. The highest BCUT2D eigenvalue weighted by atomic mass is 16.6. The number of rotatable bonds is 10. The van der Waals surface area contributed by atoms with Gasteiger partial charge in [0.25, 0.3) is 11.5 Å². The molecular formula is C20H12O12. The van der Waals surface area contributed by atoms with Crippen molar-refractivity contribution in [1.29, 1.82) is 0 Å². The minimum Gasteiger partial charge on any atom is -0.478 e. The molecule has 12 heteroatoms. The lowest BCUT2D eigenvalue weighted by Gasteiger charge is -2.14. The summed E-state index contributed by atoms with van der Waals surface area (Å²) in [6, 6.07) is 5.78. The van der Waals surface area contributed by atoms with E-state index in [1.165, 1.54) is 0 Å². The number of ether oxygens (including phenoxy) is 2. The van der Waals surface area contributed by atoms with Gasteiger partial charge in [0.05, 0.1) is 0 Å². The quantitative estimate of drug-likeness (QED) is 0.234. The molecular weight excluding hydrogens is 432 g/mol. The Bertz CT molecular complexity index is 1080. The molecule has 0 aliphatic heterocycles. The van der Waals surface area contributed by atoms with E-state index in [1.807, 2.05) is 0 Å². The Morgan fingerprint density at radius 3 is 1.22 bits per heavy atom. The molecule has 0 aliphatic carbocycles. The smallest absolute Gasteiger partial charge is 0.376 e.